The minimum absolute atomic E-state index is 0.0226. The average Bonchev–Trinajstić information content (AvgIpc) is 2.93. The van der Waals surface area contributed by atoms with Crippen molar-refractivity contribution in [3.05, 3.63) is 69.8 Å². The second-order valence-corrected chi connectivity index (χ2v) is 9.69. The molecule has 0 N–H and O–H groups in total. The molecule has 0 unspecified atom stereocenters. The minimum Gasteiger partial charge on any atom is -0.468 e. The molecule has 0 saturated carbocycles. The molecule has 1 aliphatic rings. The quantitative estimate of drug-likeness (QED) is 0.120. The zero-order valence-electron chi connectivity index (χ0n) is 21.3. The Morgan fingerprint density at radius 3 is 2.41 bits per heavy atom. The molecule has 1 aliphatic carbocycles. The van der Waals surface area contributed by atoms with Crippen molar-refractivity contribution in [3.63, 3.8) is 0 Å². The summed E-state index contributed by atoms with van der Waals surface area (Å²) in [5.74, 6) is -5.27. The van der Waals surface area contributed by atoms with E-state index in [2.05, 4.69) is 4.74 Å². The van der Waals surface area contributed by atoms with Crippen LogP contribution in [0.4, 0.5) is 14.5 Å². The van der Waals surface area contributed by atoms with Gasteiger partial charge >= 0.3 is 11.9 Å². The van der Waals surface area contributed by atoms with Crippen molar-refractivity contribution in [3.8, 4) is 0 Å². The predicted octanol–water partition coefficient (Wildman–Crippen LogP) is 5.46. The molecule has 2 aromatic rings. The lowest BCUT2D eigenvalue weighted by Crippen LogP contribution is -2.40. The molecule has 208 valence electrons. The molecule has 2 aromatic carbocycles. The maximum absolute atomic E-state index is 15.4. The van der Waals surface area contributed by atoms with Crippen LogP contribution < -0.4 is 4.90 Å². The number of esters is 2. The number of hydrogen-bond donors (Lipinski definition) is 0. The Morgan fingerprint density at radius 1 is 1.03 bits per heavy atom. The van der Waals surface area contributed by atoms with Crippen LogP contribution in [-0.4, -0.2) is 50.0 Å². The van der Waals surface area contributed by atoms with E-state index in [-0.39, 0.29) is 52.0 Å². The molecule has 0 heterocycles. The van der Waals surface area contributed by atoms with Crippen LogP contribution in [0.15, 0.2) is 52.4 Å². The third-order valence-electron chi connectivity index (χ3n) is 5.74. The Balaban J connectivity index is 2.13. The number of anilines is 1. The van der Waals surface area contributed by atoms with Crippen LogP contribution in [-0.2, 0) is 28.6 Å². The van der Waals surface area contributed by atoms with Crippen molar-refractivity contribution in [1.29, 1.82) is 0 Å². The normalized spacial score (nSPS) is 13.2. The number of carbonyl (C=O) groups is 4. The van der Waals surface area contributed by atoms with Gasteiger partial charge in [0.1, 0.15) is 11.6 Å². The molecule has 0 bridgehead atoms. The topological polar surface area (TPSA) is 99.2 Å². The number of carbonyl (C=O) groups excluding carboxylic acids is 4. The van der Waals surface area contributed by atoms with Gasteiger partial charge in [0.25, 0.3) is 11.8 Å². The molecule has 0 fully saturated rings. The fourth-order valence-corrected chi connectivity index (χ4v) is 4.92. The molecular formula is C27H26ClF2NO7S. The number of methoxy groups -OCH3 is 1. The smallest absolute Gasteiger partial charge is 0.336 e. The van der Waals surface area contributed by atoms with Crippen LogP contribution in [0.2, 0.25) is 5.02 Å². The Morgan fingerprint density at radius 2 is 1.74 bits per heavy atom. The second-order valence-electron chi connectivity index (χ2n) is 8.26. The average molecular weight is 582 g/mol. The van der Waals surface area contributed by atoms with Crippen molar-refractivity contribution in [2.24, 2.45) is 0 Å². The van der Waals surface area contributed by atoms with Gasteiger partial charge in [-0.15, -0.1) is 11.8 Å². The SMILES string of the molecule is CCOCOC(=O)C1=C(C(=O)N(C(=O)c2cccc(F)c2)c2cc(SCC(=O)OC)c(Cl)cc2F)CCCC1. The number of rotatable bonds is 10. The van der Waals surface area contributed by atoms with Gasteiger partial charge < -0.3 is 14.2 Å². The Labute approximate surface area is 233 Å². The molecule has 0 aromatic heterocycles. The Bertz CT molecular complexity index is 1300. The monoisotopic (exact) mass is 581 g/mol. The first-order chi connectivity index (χ1) is 18.7. The van der Waals surface area contributed by atoms with E-state index < -0.39 is 41.1 Å². The van der Waals surface area contributed by atoms with Crippen LogP contribution in [0.3, 0.4) is 0 Å². The molecule has 3 rings (SSSR count). The number of hydrogen-bond acceptors (Lipinski definition) is 8. The first-order valence-electron chi connectivity index (χ1n) is 12.0. The van der Waals surface area contributed by atoms with Crippen molar-refractivity contribution in [2.75, 3.05) is 31.2 Å². The van der Waals surface area contributed by atoms with Crippen molar-refractivity contribution in [1.82, 2.24) is 0 Å². The van der Waals surface area contributed by atoms with E-state index in [4.69, 9.17) is 21.1 Å². The number of halogens is 3. The molecule has 0 atom stereocenters. The summed E-state index contributed by atoms with van der Waals surface area (Å²) >= 11 is 7.08. The number of benzene rings is 2. The lowest BCUT2D eigenvalue weighted by atomic mass is 9.90. The maximum atomic E-state index is 15.4. The fourth-order valence-electron chi connectivity index (χ4n) is 3.82. The summed E-state index contributed by atoms with van der Waals surface area (Å²) in [7, 11) is 1.20. The van der Waals surface area contributed by atoms with E-state index in [1.807, 2.05) is 0 Å². The van der Waals surface area contributed by atoms with E-state index in [0.717, 1.165) is 36.0 Å². The van der Waals surface area contributed by atoms with Crippen LogP contribution >= 0.6 is 23.4 Å². The van der Waals surface area contributed by atoms with Crippen LogP contribution in [0.1, 0.15) is 43.0 Å². The summed E-state index contributed by atoms with van der Waals surface area (Å²) in [4.78, 5) is 52.7. The first kappa shape index (κ1) is 30.3. The summed E-state index contributed by atoms with van der Waals surface area (Å²) in [6.07, 6.45) is 1.47. The molecular weight excluding hydrogens is 556 g/mol. The van der Waals surface area contributed by atoms with E-state index in [9.17, 15) is 23.6 Å². The van der Waals surface area contributed by atoms with Crippen molar-refractivity contribution >= 4 is 52.8 Å². The summed E-state index contributed by atoms with van der Waals surface area (Å²) in [6.45, 7) is 1.70. The summed E-state index contributed by atoms with van der Waals surface area (Å²) in [5, 5.41) is -0.0622. The first-order valence-corrected chi connectivity index (χ1v) is 13.3. The zero-order valence-corrected chi connectivity index (χ0v) is 22.8. The van der Waals surface area contributed by atoms with Gasteiger partial charge in [0.05, 0.1) is 23.6 Å². The highest BCUT2D eigenvalue weighted by molar-refractivity contribution is 8.00. The highest BCUT2D eigenvalue weighted by atomic mass is 35.5. The zero-order chi connectivity index (χ0) is 28.5. The van der Waals surface area contributed by atoms with Gasteiger partial charge in [-0.3, -0.25) is 14.4 Å². The molecule has 0 aliphatic heterocycles. The van der Waals surface area contributed by atoms with Gasteiger partial charge in [0.15, 0.2) is 6.79 Å². The maximum Gasteiger partial charge on any atom is 0.336 e. The Hall–Kier alpha value is -3.28. The Kier molecular flexibility index (Phi) is 11.0. The lowest BCUT2D eigenvalue weighted by molar-refractivity contribution is -0.151. The highest BCUT2D eigenvalue weighted by Crippen LogP contribution is 2.36. The van der Waals surface area contributed by atoms with E-state index in [1.165, 1.54) is 19.2 Å². The van der Waals surface area contributed by atoms with Gasteiger partial charge in [-0.25, -0.2) is 18.5 Å². The fraction of sp³-hybridized carbons (Fsp3) is 0.333. The summed E-state index contributed by atoms with van der Waals surface area (Å²) in [5.41, 5.74) is -0.673. The molecule has 0 saturated heterocycles. The van der Waals surface area contributed by atoms with Crippen LogP contribution in [0, 0.1) is 11.6 Å². The lowest BCUT2D eigenvalue weighted by Gasteiger charge is -2.26. The van der Waals surface area contributed by atoms with Gasteiger partial charge in [0, 0.05) is 28.2 Å². The molecule has 0 radical (unpaired) electrons. The molecule has 12 heteroatoms. The van der Waals surface area contributed by atoms with E-state index in [0.29, 0.717) is 24.3 Å². The molecule has 2 amide bonds. The predicted molar refractivity (Wildman–Crippen MR) is 140 cm³/mol. The van der Waals surface area contributed by atoms with Gasteiger partial charge in [-0.05, 0) is 62.9 Å². The number of ether oxygens (including phenoxy) is 3. The second kappa shape index (κ2) is 14.2. The highest BCUT2D eigenvalue weighted by Gasteiger charge is 2.34. The van der Waals surface area contributed by atoms with Crippen molar-refractivity contribution < 1.29 is 42.2 Å². The summed E-state index contributed by atoms with van der Waals surface area (Å²) < 4.78 is 44.1. The van der Waals surface area contributed by atoms with Crippen molar-refractivity contribution in [2.45, 2.75) is 37.5 Å². The summed E-state index contributed by atoms with van der Waals surface area (Å²) in [6, 6.07) is 6.63. The van der Waals surface area contributed by atoms with Gasteiger partial charge in [-0.1, -0.05) is 17.7 Å². The van der Waals surface area contributed by atoms with Crippen LogP contribution in [0.25, 0.3) is 0 Å². The molecule has 39 heavy (non-hydrogen) atoms. The van der Waals surface area contributed by atoms with Gasteiger partial charge in [0.2, 0.25) is 0 Å². The minimum atomic E-state index is -1.02. The number of thioether (sulfide) groups is 1. The van der Waals surface area contributed by atoms with E-state index >= 15 is 4.39 Å². The third kappa shape index (κ3) is 7.65. The van der Waals surface area contributed by atoms with Crippen LogP contribution in [0.5, 0.6) is 0 Å². The number of imide groups is 1. The van der Waals surface area contributed by atoms with E-state index in [1.54, 1.807) is 6.92 Å². The number of amides is 2. The number of nitrogens with zero attached hydrogens (tertiary/aromatic N) is 1. The molecule has 0 spiro atoms. The standard InChI is InChI=1S/C27H26ClF2NO7S/c1-3-37-15-38-27(35)19-10-5-4-9-18(19)26(34)31(25(33)16-7-6-8-17(29)11-16)22-13-23(20(28)12-21(22)30)39-14-24(32)36-2/h6-8,11-13H,3-5,9-10,14-15H2,1-2H3. The van der Waals surface area contributed by atoms with Gasteiger partial charge in [-0.2, -0.15) is 0 Å². The largest absolute Gasteiger partial charge is 0.468 e. The third-order valence-corrected chi connectivity index (χ3v) is 7.20. The molecule has 8 nitrogen and oxygen atoms in total.